The number of carbonyl (C=O) groups is 2. The molecule has 4 nitrogen and oxygen atoms in total. The van der Waals surface area contributed by atoms with Gasteiger partial charge in [0.2, 0.25) is 0 Å². The van der Waals surface area contributed by atoms with Gasteiger partial charge in [0.1, 0.15) is 6.10 Å². The monoisotopic (exact) mass is 438 g/mol. The van der Waals surface area contributed by atoms with Crippen molar-refractivity contribution in [2.24, 2.45) is 5.92 Å². The van der Waals surface area contributed by atoms with E-state index in [1.54, 1.807) is 0 Å². The zero-order chi connectivity index (χ0) is 22.7. The molecule has 0 aromatic rings. The van der Waals surface area contributed by atoms with E-state index in [-0.39, 0.29) is 37.0 Å². The molecule has 0 amide bonds. The van der Waals surface area contributed by atoms with E-state index in [2.05, 4.69) is 6.92 Å². The average Bonchev–Trinajstić information content (AvgIpc) is 2.73. The van der Waals surface area contributed by atoms with E-state index >= 15 is 0 Å². The lowest BCUT2D eigenvalue weighted by Crippen LogP contribution is -2.30. The molecular weight excluding hydrogens is 388 g/mol. The molecule has 1 aliphatic carbocycles. The molecule has 1 saturated carbocycles. The first-order valence-corrected chi connectivity index (χ1v) is 13.4. The maximum atomic E-state index is 12.2. The number of ether oxygens (including phenoxy) is 2. The molecule has 4 heteroatoms. The van der Waals surface area contributed by atoms with Crippen LogP contribution in [0, 0.1) is 5.92 Å². The highest BCUT2D eigenvalue weighted by Crippen LogP contribution is 2.31. The lowest BCUT2D eigenvalue weighted by molar-refractivity contribution is -0.158. The first kappa shape index (κ1) is 28.0. The fourth-order valence-corrected chi connectivity index (χ4v) is 4.66. The molecule has 0 heterocycles. The zero-order valence-electron chi connectivity index (χ0n) is 20.8. The minimum absolute atomic E-state index is 0.0510. The maximum absolute atomic E-state index is 12.2. The highest BCUT2D eigenvalue weighted by Gasteiger charge is 2.28. The first-order chi connectivity index (χ1) is 15.0. The fourth-order valence-electron chi connectivity index (χ4n) is 4.66. The van der Waals surface area contributed by atoms with Crippen LogP contribution in [0.2, 0.25) is 0 Å². The van der Waals surface area contributed by atoms with E-state index in [0.717, 1.165) is 12.8 Å². The minimum atomic E-state index is -0.316. The summed E-state index contributed by atoms with van der Waals surface area (Å²) in [6.45, 7) is 5.91. The number of unbranched alkanes of at least 4 members (excludes halogenated alkanes) is 11. The lowest BCUT2D eigenvalue weighted by Gasteiger charge is -2.31. The topological polar surface area (TPSA) is 52.6 Å². The molecule has 2 atom stereocenters. The van der Waals surface area contributed by atoms with E-state index < -0.39 is 0 Å². The molecule has 1 rings (SSSR count). The minimum Gasteiger partial charge on any atom is -0.463 e. The van der Waals surface area contributed by atoms with Crippen LogP contribution < -0.4 is 0 Å². The molecule has 0 radical (unpaired) electrons. The van der Waals surface area contributed by atoms with Gasteiger partial charge < -0.3 is 9.47 Å². The van der Waals surface area contributed by atoms with Crippen LogP contribution in [0.4, 0.5) is 0 Å². The number of hydrogen-bond donors (Lipinski definition) is 0. The summed E-state index contributed by atoms with van der Waals surface area (Å²) >= 11 is 0. The Morgan fingerprint density at radius 1 is 0.742 bits per heavy atom. The van der Waals surface area contributed by atoms with Gasteiger partial charge in [0.15, 0.2) is 0 Å². The Balaban J connectivity index is 2.08. The zero-order valence-corrected chi connectivity index (χ0v) is 20.8. The van der Waals surface area contributed by atoms with Crippen molar-refractivity contribution in [3.05, 3.63) is 0 Å². The second kappa shape index (κ2) is 18.5. The predicted molar refractivity (Wildman–Crippen MR) is 128 cm³/mol. The van der Waals surface area contributed by atoms with Gasteiger partial charge in [-0.05, 0) is 45.4 Å². The summed E-state index contributed by atoms with van der Waals surface area (Å²) in [5, 5.41) is 0. The van der Waals surface area contributed by atoms with Crippen LogP contribution in [0.1, 0.15) is 143 Å². The molecule has 0 saturated heterocycles. The molecule has 0 aliphatic heterocycles. The van der Waals surface area contributed by atoms with E-state index in [9.17, 15) is 9.59 Å². The van der Waals surface area contributed by atoms with Gasteiger partial charge in [0, 0.05) is 0 Å². The smallest absolute Gasteiger partial charge is 0.306 e. The molecule has 31 heavy (non-hydrogen) atoms. The number of carbonyl (C=O) groups excluding carboxylic acids is 2. The van der Waals surface area contributed by atoms with Crippen molar-refractivity contribution in [1.82, 2.24) is 0 Å². The highest BCUT2D eigenvalue weighted by molar-refractivity contribution is 5.77. The van der Waals surface area contributed by atoms with Crippen LogP contribution in [0.25, 0.3) is 0 Å². The van der Waals surface area contributed by atoms with Crippen molar-refractivity contribution < 1.29 is 19.1 Å². The largest absolute Gasteiger partial charge is 0.463 e. The van der Waals surface area contributed by atoms with Gasteiger partial charge >= 0.3 is 11.9 Å². The Kier molecular flexibility index (Phi) is 16.7. The molecule has 0 bridgehead atoms. The van der Waals surface area contributed by atoms with E-state index in [0.29, 0.717) is 5.92 Å². The predicted octanol–water partition coefficient (Wildman–Crippen LogP) is 7.91. The molecule has 0 aromatic heterocycles. The van der Waals surface area contributed by atoms with Crippen molar-refractivity contribution in [2.75, 3.05) is 0 Å². The van der Waals surface area contributed by atoms with Gasteiger partial charge in [-0.3, -0.25) is 9.59 Å². The molecule has 0 spiro atoms. The van der Waals surface area contributed by atoms with Gasteiger partial charge in [0.25, 0.3) is 0 Å². The molecule has 0 aromatic carbocycles. The van der Waals surface area contributed by atoms with Gasteiger partial charge in [-0.15, -0.1) is 0 Å². The van der Waals surface area contributed by atoms with E-state index in [1.165, 1.54) is 96.3 Å². The maximum Gasteiger partial charge on any atom is 0.306 e. The second-order valence-corrected chi connectivity index (χ2v) is 9.79. The fraction of sp³-hybridized carbons (Fsp3) is 0.926. The van der Waals surface area contributed by atoms with Crippen molar-refractivity contribution in [1.29, 1.82) is 0 Å². The summed E-state index contributed by atoms with van der Waals surface area (Å²) < 4.78 is 10.9. The third kappa shape index (κ3) is 15.4. The second-order valence-electron chi connectivity index (χ2n) is 9.79. The lowest BCUT2D eigenvalue weighted by atomic mass is 9.83. The molecular formula is C27H50O4. The summed E-state index contributed by atoms with van der Waals surface area (Å²) in [4.78, 5) is 23.8. The van der Waals surface area contributed by atoms with Crippen molar-refractivity contribution >= 4 is 11.9 Å². The summed E-state index contributed by atoms with van der Waals surface area (Å²) in [6, 6.07) is 0. The Morgan fingerprint density at radius 3 is 1.84 bits per heavy atom. The molecule has 1 aliphatic rings. The summed E-state index contributed by atoms with van der Waals surface area (Å²) in [6.07, 6.45) is 22.3. The SMILES string of the molecule is CCCCCCCCCCCCCCC1CCCCC1OC(=O)CCC(=O)OC(C)C. The summed E-state index contributed by atoms with van der Waals surface area (Å²) in [7, 11) is 0. The summed E-state index contributed by atoms with van der Waals surface area (Å²) in [5.41, 5.74) is 0. The van der Waals surface area contributed by atoms with E-state index in [1.807, 2.05) is 13.8 Å². The van der Waals surface area contributed by atoms with Crippen LogP contribution >= 0.6 is 0 Å². The van der Waals surface area contributed by atoms with Gasteiger partial charge in [-0.25, -0.2) is 0 Å². The van der Waals surface area contributed by atoms with Crippen LogP contribution in [-0.2, 0) is 19.1 Å². The van der Waals surface area contributed by atoms with Crippen LogP contribution in [0.15, 0.2) is 0 Å². The summed E-state index contributed by atoms with van der Waals surface area (Å²) in [5.74, 6) is -0.0561. The normalized spacial score (nSPS) is 18.8. The van der Waals surface area contributed by atoms with Crippen molar-refractivity contribution in [2.45, 2.75) is 155 Å². The number of hydrogen-bond acceptors (Lipinski definition) is 4. The highest BCUT2D eigenvalue weighted by atomic mass is 16.5. The van der Waals surface area contributed by atoms with Gasteiger partial charge in [-0.1, -0.05) is 90.4 Å². The van der Waals surface area contributed by atoms with E-state index in [4.69, 9.17) is 9.47 Å². The molecule has 2 unspecified atom stereocenters. The average molecular weight is 439 g/mol. The van der Waals surface area contributed by atoms with Gasteiger partial charge in [0.05, 0.1) is 18.9 Å². The Labute approximate surface area is 192 Å². The number of esters is 2. The quantitative estimate of drug-likeness (QED) is 0.161. The standard InChI is InChI=1S/C27H50O4/c1-4-5-6-7-8-9-10-11-12-13-14-15-18-24-19-16-17-20-25(24)31-27(29)22-21-26(28)30-23(2)3/h23-25H,4-22H2,1-3H3. The molecule has 182 valence electrons. The first-order valence-electron chi connectivity index (χ1n) is 13.4. The van der Waals surface area contributed by atoms with Crippen LogP contribution in [0.5, 0.6) is 0 Å². The van der Waals surface area contributed by atoms with Crippen molar-refractivity contribution in [3.63, 3.8) is 0 Å². The Hall–Kier alpha value is -1.06. The molecule has 1 fully saturated rings. The van der Waals surface area contributed by atoms with Crippen LogP contribution in [-0.4, -0.2) is 24.1 Å². The Morgan fingerprint density at radius 2 is 1.26 bits per heavy atom. The Bertz CT molecular complexity index is 460. The third-order valence-corrected chi connectivity index (χ3v) is 6.45. The third-order valence-electron chi connectivity index (χ3n) is 6.45. The van der Waals surface area contributed by atoms with Crippen LogP contribution in [0.3, 0.4) is 0 Å². The van der Waals surface area contributed by atoms with Gasteiger partial charge in [-0.2, -0.15) is 0 Å². The molecule has 0 N–H and O–H groups in total. The number of rotatable bonds is 18. The van der Waals surface area contributed by atoms with Crippen molar-refractivity contribution in [3.8, 4) is 0 Å².